The van der Waals surface area contributed by atoms with Gasteiger partial charge in [-0.15, -0.1) is 0 Å². The summed E-state index contributed by atoms with van der Waals surface area (Å²) in [6.45, 7) is 0. The zero-order valence-electron chi connectivity index (χ0n) is 20.3. The Kier molecular flexibility index (Phi) is 6.61. The molecule has 3 heterocycles. The second kappa shape index (κ2) is 9.84. The van der Waals surface area contributed by atoms with Gasteiger partial charge < -0.3 is 15.5 Å². The van der Waals surface area contributed by atoms with Crippen molar-refractivity contribution < 1.29 is 13.2 Å². The molecule has 2 fully saturated rings. The Morgan fingerprint density at radius 3 is 2.50 bits per heavy atom. The fraction of sp³-hybridized carbons (Fsp3) is 0.458. The quantitative estimate of drug-likeness (QED) is 0.416. The maximum Gasteiger partial charge on any atom is 0.270 e. The van der Waals surface area contributed by atoms with Gasteiger partial charge in [0.1, 0.15) is 11.5 Å². The van der Waals surface area contributed by atoms with Gasteiger partial charge in [-0.25, -0.2) is 18.4 Å². The van der Waals surface area contributed by atoms with E-state index in [-0.39, 0.29) is 28.6 Å². The molecular weight excluding hydrogens is 480 g/mol. The van der Waals surface area contributed by atoms with E-state index in [4.69, 9.17) is 0 Å². The molecule has 0 unspecified atom stereocenters. The van der Waals surface area contributed by atoms with E-state index in [0.29, 0.717) is 17.7 Å². The Morgan fingerprint density at radius 1 is 1.06 bits per heavy atom. The lowest BCUT2D eigenvalue weighted by Gasteiger charge is -2.35. The lowest BCUT2D eigenvalue weighted by Crippen LogP contribution is -2.43. The molecule has 2 aliphatic rings. The SMILES string of the molecule is CN(c1nccc(Nc2cc(C3CC3)[nH]n2)n1)[C@H]1CC[C@H](NC(=O)c2ccc(S(C)(=O)=O)cn2)CC1. The number of nitrogens with zero attached hydrogens (tertiary/aromatic N) is 5. The van der Waals surface area contributed by atoms with E-state index in [1.165, 1.54) is 31.2 Å². The molecule has 2 aliphatic carbocycles. The van der Waals surface area contributed by atoms with Crippen LogP contribution >= 0.6 is 0 Å². The van der Waals surface area contributed by atoms with Crippen LogP contribution in [0.5, 0.6) is 0 Å². The number of hydrogen-bond donors (Lipinski definition) is 3. The molecule has 0 atom stereocenters. The Hall–Kier alpha value is -3.54. The van der Waals surface area contributed by atoms with Crippen molar-refractivity contribution in [1.29, 1.82) is 0 Å². The monoisotopic (exact) mass is 510 g/mol. The van der Waals surface area contributed by atoms with Gasteiger partial charge in [0.25, 0.3) is 5.91 Å². The number of rotatable bonds is 8. The van der Waals surface area contributed by atoms with Crippen molar-refractivity contribution in [2.45, 2.75) is 61.4 Å². The molecule has 1 amide bonds. The number of H-pyrrole nitrogens is 1. The van der Waals surface area contributed by atoms with Crippen LogP contribution in [0, 0.1) is 0 Å². The van der Waals surface area contributed by atoms with Crippen LogP contribution in [0.2, 0.25) is 0 Å². The minimum Gasteiger partial charge on any atom is -0.348 e. The number of anilines is 3. The topological polar surface area (TPSA) is 146 Å². The van der Waals surface area contributed by atoms with Crippen LogP contribution in [0.4, 0.5) is 17.6 Å². The van der Waals surface area contributed by atoms with E-state index in [0.717, 1.165) is 43.5 Å². The number of pyridine rings is 1. The summed E-state index contributed by atoms with van der Waals surface area (Å²) in [6.07, 6.45) is 9.90. The second-order valence-corrected chi connectivity index (χ2v) is 11.6. The Labute approximate surface area is 210 Å². The summed E-state index contributed by atoms with van der Waals surface area (Å²) in [7, 11) is -1.35. The van der Waals surface area contributed by atoms with Crippen molar-refractivity contribution in [3.63, 3.8) is 0 Å². The number of sulfone groups is 1. The molecule has 2 saturated carbocycles. The van der Waals surface area contributed by atoms with Gasteiger partial charge in [-0.05, 0) is 56.7 Å². The fourth-order valence-corrected chi connectivity index (χ4v) is 5.05. The van der Waals surface area contributed by atoms with Gasteiger partial charge in [0.05, 0.1) is 4.90 Å². The van der Waals surface area contributed by atoms with Crippen LogP contribution in [0.3, 0.4) is 0 Å². The molecule has 0 aliphatic heterocycles. The molecule has 0 bridgehead atoms. The molecule has 11 nitrogen and oxygen atoms in total. The Bertz CT molecular complexity index is 1330. The van der Waals surface area contributed by atoms with Crippen molar-refractivity contribution >= 4 is 33.3 Å². The first kappa shape index (κ1) is 24.2. The second-order valence-electron chi connectivity index (χ2n) is 9.59. The Balaban J connectivity index is 1.14. The molecule has 5 rings (SSSR count). The predicted octanol–water partition coefficient (Wildman–Crippen LogP) is 2.80. The van der Waals surface area contributed by atoms with E-state index >= 15 is 0 Å². The fourth-order valence-electron chi connectivity index (χ4n) is 4.49. The first-order valence-electron chi connectivity index (χ1n) is 12.1. The molecule has 0 saturated heterocycles. The first-order valence-corrected chi connectivity index (χ1v) is 14.0. The molecule has 12 heteroatoms. The Morgan fingerprint density at radius 2 is 1.83 bits per heavy atom. The predicted molar refractivity (Wildman–Crippen MR) is 135 cm³/mol. The van der Waals surface area contributed by atoms with E-state index in [1.54, 1.807) is 6.20 Å². The summed E-state index contributed by atoms with van der Waals surface area (Å²) in [5.41, 5.74) is 1.37. The van der Waals surface area contributed by atoms with Gasteiger partial charge in [0.15, 0.2) is 15.7 Å². The average molecular weight is 511 g/mol. The molecule has 0 spiro atoms. The van der Waals surface area contributed by atoms with Gasteiger partial charge >= 0.3 is 0 Å². The number of carbonyl (C=O) groups is 1. The highest BCUT2D eigenvalue weighted by Crippen LogP contribution is 2.39. The maximum absolute atomic E-state index is 12.6. The summed E-state index contributed by atoms with van der Waals surface area (Å²) < 4.78 is 23.2. The van der Waals surface area contributed by atoms with Crippen LogP contribution in [-0.2, 0) is 9.84 Å². The van der Waals surface area contributed by atoms with E-state index in [1.807, 2.05) is 19.2 Å². The molecule has 3 N–H and O–H groups in total. The van der Waals surface area contributed by atoms with Gasteiger partial charge in [-0.3, -0.25) is 9.89 Å². The average Bonchev–Trinajstić information content (AvgIpc) is 3.62. The van der Waals surface area contributed by atoms with Gasteiger partial charge in [-0.1, -0.05) is 0 Å². The maximum atomic E-state index is 12.6. The molecule has 0 radical (unpaired) electrons. The first-order chi connectivity index (χ1) is 17.3. The van der Waals surface area contributed by atoms with Crippen molar-refractivity contribution in [2.24, 2.45) is 0 Å². The van der Waals surface area contributed by atoms with Crippen LogP contribution in [-0.4, -0.2) is 64.9 Å². The summed E-state index contributed by atoms with van der Waals surface area (Å²) in [5.74, 6) is 2.39. The van der Waals surface area contributed by atoms with E-state index < -0.39 is 9.84 Å². The number of amides is 1. The number of nitrogens with one attached hydrogen (secondary N) is 3. The van der Waals surface area contributed by atoms with Gasteiger partial charge in [-0.2, -0.15) is 10.1 Å². The molecular formula is C24H30N8O3S. The zero-order valence-corrected chi connectivity index (χ0v) is 21.1. The number of aromatic amines is 1. The zero-order chi connectivity index (χ0) is 25.3. The lowest BCUT2D eigenvalue weighted by atomic mass is 9.90. The molecule has 190 valence electrons. The van der Waals surface area contributed by atoms with Crippen molar-refractivity contribution in [3.8, 4) is 0 Å². The smallest absolute Gasteiger partial charge is 0.270 e. The third-order valence-corrected chi connectivity index (χ3v) is 7.90. The number of carbonyl (C=O) groups excluding carboxylic acids is 1. The molecule has 36 heavy (non-hydrogen) atoms. The van der Waals surface area contributed by atoms with Crippen LogP contribution in [0.25, 0.3) is 0 Å². The van der Waals surface area contributed by atoms with Crippen molar-refractivity contribution in [2.75, 3.05) is 23.5 Å². The highest BCUT2D eigenvalue weighted by atomic mass is 32.2. The molecule has 0 aromatic carbocycles. The van der Waals surface area contributed by atoms with Crippen LogP contribution in [0.1, 0.15) is 60.6 Å². The summed E-state index contributed by atoms with van der Waals surface area (Å²) >= 11 is 0. The molecule has 3 aromatic rings. The largest absolute Gasteiger partial charge is 0.348 e. The van der Waals surface area contributed by atoms with Crippen molar-refractivity contribution in [3.05, 3.63) is 48.0 Å². The number of aromatic nitrogens is 5. The van der Waals surface area contributed by atoms with Gasteiger partial charge in [0, 0.05) is 55.5 Å². The highest BCUT2D eigenvalue weighted by molar-refractivity contribution is 7.90. The summed E-state index contributed by atoms with van der Waals surface area (Å²) in [4.78, 5) is 27.9. The third kappa shape index (κ3) is 5.64. The van der Waals surface area contributed by atoms with E-state index in [9.17, 15) is 13.2 Å². The van der Waals surface area contributed by atoms with Crippen LogP contribution < -0.4 is 15.5 Å². The third-order valence-electron chi connectivity index (χ3n) is 6.81. The summed E-state index contributed by atoms with van der Waals surface area (Å²) in [5, 5.41) is 13.7. The minimum absolute atomic E-state index is 0.0350. The molecule has 3 aromatic heterocycles. The van der Waals surface area contributed by atoms with Crippen LogP contribution in [0.15, 0.2) is 41.6 Å². The number of hydrogen-bond acceptors (Lipinski definition) is 9. The van der Waals surface area contributed by atoms with Crippen molar-refractivity contribution in [1.82, 2.24) is 30.5 Å². The highest BCUT2D eigenvalue weighted by Gasteiger charge is 2.27. The minimum atomic E-state index is -3.35. The lowest BCUT2D eigenvalue weighted by molar-refractivity contribution is 0.0920. The summed E-state index contributed by atoms with van der Waals surface area (Å²) in [6, 6.07) is 7.00. The van der Waals surface area contributed by atoms with E-state index in [2.05, 4.69) is 40.7 Å². The standard InChI is InChI=1S/C24H30N8O3S/c1-32(24-25-12-11-21(29-24)28-22-13-20(30-31-22)15-3-4-15)17-7-5-16(6-8-17)27-23(33)19-10-9-18(14-26-19)36(2,34)35/h9-17H,3-8H2,1-2H3,(H,27,33)(H2,25,28,29,30,31)/t16-,17-. The normalized spacial score (nSPS) is 20.1. The van der Waals surface area contributed by atoms with Gasteiger partial charge in [0.2, 0.25) is 5.95 Å².